The Kier molecular flexibility index (Phi) is 8.88. The number of anilines is 1. The van der Waals surface area contributed by atoms with Gasteiger partial charge in [0.2, 0.25) is 11.8 Å². The lowest BCUT2D eigenvalue weighted by molar-refractivity contribution is -0.139. The number of amides is 2. The fourth-order valence-corrected chi connectivity index (χ4v) is 5.29. The Labute approximate surface area is 213 Å². The Hall–Kier alpha value is -3.65. The van der Waals surface area contributed by atoms with Crippen LogP contribution in [0, 0.1) is 13.8 Å². The highest BCUT2D eigenvalue weighted by atomic mass is 32.2. The standard InChI is InChI=1S/C28H33N3O4S/c1-5-29-28(33)23(4)30(19-24-11-9-10-22(3)18-24)27(32)20-31(25-12-7-6-8-13-25)36(34,35)26-16-14-21(2)15-17-26/h6-18,23H,5,19-20H2,1-4H3,(H,29,33)/t23-/m1/s1. The molecule has 1 N–H and O–H groups in total. The summed E-state index contributed by atoms with van der Waals surface area (Å²) in [6.45, 7) is 7.44. The van der Waals surface area contributed by atoms with Gasteiger partial charge >= 0.3 is 0 Å². The summed E-state index contributed by atoms with van der Waals surface area (Å²) in [5, 5.41) is 2.76. The summed E-state index contributed by atoms with van der Waals surface area (Å²) in [4.78, 5) is 28.0. The van der Waals surface area contributed by atoms with Gasteiger partial charge in [-0.1, -0.05) is 65.7 Å². The zero-order valence-corrected chi connectivity index (χ0v) is 22.0. The van der Waals surface area contributed by atoms with E-state index in [4.69, 9.17) is 0 Å². The Morgan fingerprint density at radius 1 is 0.889 bits per heavy atom. The zero-order valence-electron chi connectivity index (χ0n) is 21.1. The summed E-state index contributed by atoms with van der Waals surface area (Å²) in [5.74, 6) is -0.777. The minimum atomic E-state index is -4.05. The molecule has 36 heavy (non-hydrogen) atoms. The van der Waals surface area contributed by atoms with Crippen molar-refractivity contribution < 1.29 is 18.0 Å². The first kappa shape index (κ1) is 26.9. The van der Waals surface area contributed by atoms with Crippen molar-refractivity contribution in [2.45, 2.75) is 45.2 Å². The summed E-state index contributed by atoms with van der Waals surface area (Å²) < 4.78 is 28.5. The van der Waals surface area contributed by atoms with E-state index in [0.717, 1.165) is 21.0 Å². The fraction of sp³-hybridized carbons (Fsp3) is 0.286. The zero-order chi connectivity index (χ0) is 26.3. The minimum Gasteiger partial charge on any atom is -0.355 e. The van der Waals surface area contributed by atoms with Gasteiger partial charge in [0.1, 0.15) is 12.6 Å². The lowest BCUT2D eigenvalue weighted by atomic mass is 10.1. The van der Waals surface area contributed by atoms with Gasteiger partial charge in [-0.3, -0.25) is 13.9 Å². The van der Waals surface area contributed by atoms with Crippen LogP contribution >= 0.6 is 0 Å². The van der Waals surface area contributed by atoms with E-state index in [0.29, 0.717) is 12.2 Å². The number of nitrogens with zero attached hydrogens (tertiary/aromatic N) is 2. The highest BCUT2D eigenvalue weighted by Gasteiger charge is 2.32. The van der Waals surface area contributed by atoms with Crippen molar-refractivity contribution in [3.05, 3.63) is 95.6 Å². The Morgan fingerprint density at radius 2 is 1.56 bits per heavy atom. The highest BCUT2D eigenvalue weighted by Crippen LogP contribution is 2.24. The second-order valence-electron chi connectivity index (χ2n) is 8.74. The van der Waals surface area contributed by atoms with E-state index in [2.05, 4.69) is 5.32 Å². The lowest BCUT2D eigenvalue weighted by Gasteiger charge is -2.32. The first-order valence-corrected chi connectivity index (χ1v) is 13.3. The van der Waals surface area contributed by atoms with E-state index in [1.807, 2.05) is 45.0 Å². The van der Waals surface area contributed by atoms with Crippen molar-refractivity contribution in [3.63, 3.8) is 0 Å². The van der Waals surface area contributed by atoms with Crippen molar-refractivity contribution in [1.82, 2.24) is 10.2 Å². The Balaban J connectivity index is 2.00. The number of para-hydroxylation sites is 1. The van der Waals surface area contributed by atoms with Gasteiger partial charge in [-0.05, 0) is 57.5 Å². The SMILES string of the molecule is CCNC(=O)[C@@H](C)N(Cc1cccc(C)c1)C(=O)CN(c1ccccc1)S(=O)(=O)c1ccc(C)cc1. The molecular formula is C28H33N3O4S. The van der Waals surface area contributed by atoms with Crippen molar-refractivity contribution >= 4 is 27.5 Å². The van der Waals surface area contributed by atoms with E-state index in [1.54, 1.807) is 49.4 Å². The lowest BCUT2D eigenvalue weighted by Crippen LogP contribution is -2.51. The van der Waals surface area contributed by atoms with E-state index >= 15 is 0 Å². The predicted octanol–water partition coefficient (Wildman–Crippen LogP) is 4.05. The molecule has 2 amide bonds. The first-order chi connectivity index (χ1) is 17.1. The van der Waals surface area contributed by atoms with Gasteiger partial charge in [-0.15, -0.1) is 0 Å². The molecule has 3 rings (SSSR count). The monoisotopic (exact) mass is 507 g/mol. The van der Waals surface area contributed by atoms with Crippen LogP contribution in [-0.2, 0) is 26.2 Å². The molecule has 0 radical (unpaired) electrons. The van der Waals surface area contributed by atoms with Gasteiger partial charge in [0.15, 0.2) is 0 Å². The van der Waals surface area contributed by atoms with Crippen molar-refractivity contribution in [1.29, 1.82) is 0 Å². The van der Waals surface area contributed by atoms with E-state index < -0.39 is 28.5 Å². The van der Waals surface area contributed by atoms with Crippen LogP contribution in [0.3, 0.4) is 0 Å². The summed E-state index contributed by atoms with van der Waals surface area (Å²) in [6.07, 6.45) is 0. The average Bonchev–Trinajstić information content (AvgIpc) is 2.86. The summed E-state index contributed by atoms with van der Waals surface area (Å²) in [7, 11) is -4.05. The number of rotatable bonds is 10. The number of sulfonamides is 1. The predicted molar refractivity (Wildman–Crippen MR) is 142 cm³/mol. The second-order valence-corrected chi connectivity index (χ2v) is 10.6. The van der Waals surface area contributed by atoms with Gasteiger partial charge in [0.05, 0.1) is 10.6 Å². The van der Waals surface area contributed by atoms with Crippen molar-refractivity contribution in [3.8, 4) is 0 Å². The van der Waals surface area contributed by atoms with Crippen LogP contribution in [0.25, 0.3) is 0 Å². The molecule has 0 spiro atoms. The second kappa shape index (κ2) is 11.9. The third kappa shape index (κ3) is 6.51. The molecular weight excluding hydrogens is 474 g/mol. The summed E-state index contributed by atoms with van der Waals surface area (Å²) in [5.41, 5.74) is 3.18. The molecule has 0 fully saturated rings. The smallest absolute Gasteiger partial charge is 0.264 e. The van der Waals surface area contributed by atoms with E-state index in [1.165, 1.54) is 17.0 Å². The van der Waals surface area contributed by atoms with Gasteiger partial charge < -0.3 is 10.2 Å². The number of hydrogen-bond acceptors (Lipinski definition) is 4. The van der Waals surface area contributed by atoms with E-state index in [9.17, 15) is 18.0 Å². The molecule has 0 aromatic heterocycles. The summed E-state index contributed by atoms with van der Waals surface area (Å²) in [6, 6.07) is 21.9. The third-order valence-electron chi connectivity index (χ3n) is 5.89. The molecule has 3 aromatic carbocycles. The third-order valence-corrected chi connectivity index (χ3v) is 7.67. The maximum atomic E-state index is 13.7. The highest BCUT2D eigenvalue weighted by molar-refractivity contribution is 7.92. The molecule has 0 heterocycles. The van der Waals surface area contributed by atoms with Gasteiger partial charge in [0, 0.05) is 13.1 Å². The average molecular weight is 508 g/mol. The molecule has 0 aliphatic heterocycles. The molecule has 190 valence electrons. The van der Waals surface area contributed by atoms with Crippen molar-refractivity contribution in [2.75, 3.05) is 17.4 Å². The van der Waals surface area contributed by atoms with Gasteiger partial charge in [-0.25, -0.2) is 8.42 Å². The van der Waals surface area contributed by atoms with E-state index in [-0.39, 0.29) is 17.3 Å². The number of benzene rings is 3. The Morgan fingerprint density at radius 3 is 2.17 bits per heavy atom. The molecule has 0 aliphatic carbocycles. The molecule has 0 saturated carbocycles. The quantitative estimate of drug-likeness (QED) is 0.449. The number of carbonyl (C=O) groups is 2. The Bertz CT molecular complexity index is 1290. The van der Waals surface area contributed by atoms with Crippen LogP contribution in [0.4, 0.5) is 5.69 Å². The molecule has 0 aliphatic rings. The normalized spacial score (nSPS) is 12.0. The maximum absolute atomic E-state index is 13.7. The number of aryl methyl sites for hydroxylation is 2. The van der Waals surface area contributed by atoms with Gasteiger partial charge in [-0.2, -0.15) is 0 Å². The number of nitrogens with one attached hydrogen (secondary N) is 1. The topological polar surface area (TPSA) is 86.8 Å². The number of likely N-dealkylation sites (N-methyl/N-ethyl adjacent to an activating group) is 1. The summed E-state index contributed by atoms with van der Waals surface area (Å²) >= 11 is 0. The van der Waals surface area contributed by atoms with Crippen LogP contribution in [0.2, 0.25) is 0 Å². The van der Waals surface area contributed by atoms with Crippen molar-refractivity contribution in [2.24, 2.45) is 0 Å². The molecule has 0 saturated heterocycles. The van der Waals surface area contributed by atoms with Crippen LogP contribution in [0.5, 0.6) is 0 Å². The molecule has 1 atom stereocenters. The fourth-order valence-electron chi connectivity index (χ4n) is 3.87. The van der Waals surface area contributed by atoms with Crippen LogP contribution in [-0.4, -0.2) is 44.3 Å². The molecule has 7 nitrogen and oxygen atoms in total. The van der Waals surface area contributed by atoms with Crippen LogP contribution in [0.1, 0.15) is 30.5 Å². The molecule has 8 heteroatoms. The van der Waals surface area contributed by atoms with Crippen LogP contribution < -0.4 is 9.62 Å². The minimum absolute atomic E-state index is 0.0896. The number of carbonyl (C=O) groups excluding carboxylic acids is 2. The maximum Gasteiger partial charge on any atom is 0.264 e. The molecule has 0 unspecified atom stereocenters. The van der Waals surface area contributed by atoms with Crippen LogP contribution in [0.15, 0.2) is 83.8 Å². The largest absolute Gasteiger partial charge is 0.355 e. The van der Waals surface area contributed by atoms with Gasteiger partial charge in [0.25, 0.3) is 10.0 Å². The molecule has 0 bridgehead atoms. The number of hydrogen-bond donors (Lipinski definition) is 1. The first-order valence-electron chi connectivity index (χ1n) is 11.9. The molecule has 3 aromatic rings.